The molecule has 0 fully saturated rings. The molecular weight excluding hydrogens is 340 g/mol. The van der Waals surface area contributed by atoms with Crippen molar-refractivity contribution >= 4 is 0 Å². The van der Waals surface area contributed by atoms with Gasteiger partial charge in [-0.2, -0.15) is 30.8 Å². The standard InChI is InChI=1S/C20H20N6O/c1-3-7-15(8-4-1)19(11-17-13-21-25-23-17)27-20(12-18-14-22-26-24-18)16-9-5-2-6-10-16/h1-10,13-14,19-20H,11-12H2,(H,21,23,25)(H,22,24,26). The van der Waals surface area contributed by atoms with E-state index in [4.69, 9.17) is 4.74 Å². The first-order valence-electron chi connectivity index (χ1n) is 8.83. The molecule has 4 aromatic rings. The molecule has 7 heteroatoms. The number of aromatic nitrogens is 6. The molecule has 136 valence electrons. The van der Waals surface area contributed by atoms with Gasteiger partial charge in [0.2, 0.25) is 0 Å². The van der Waals surface area contributed by atoms with E-state index in [1.807, 2.05) is 36.4 Å². The summed E-state index contributed by atoms with van der Waals surface area (Å²) in [6.07, 6.45) is 4.40. The minimum atomic E-state index is -0.159. The molecule has 2 aromatic carbocycles. The maximum absolute atomic E-state index is 6.61. The Morgan fingerprint density at radius 1 is 0.667 bits per heavy atom. The maximum atomic E-state index is 6.61. The summed E-state index contributed by atoms with van der Waals surface area (Å²) in [4.78, 5) is 0. The van der Waals surface area contributed by atoms with Crippen LogP contribution < -0.4 is 0 Å². The van der Waals surface area contributed by atoms with Crippen molar-refractivity contribution in [2.75, 3.05) is 0 Å². The third kappa shape index (κ3) is 4.45. The van der Waals surface area contributed by atoms with Crippen LogP contribution in [0.4, 0.5) is 0 Å². The first kappa shape index (κ1) is 17.1. The van der Waals surface area contributed by atoms with E-state index < -0.39 is 0 Å². The van der Waals surface area contributed by atoms with Crippen LogP contribution in [0.3, 0.4) is 0 Å². The van der Waals surface area contributed by atoms with Gasteiger partial charge in [-0.3, -0.25) is 0 Å². The molecular formula is C20H20N6O. The highest BCUT2D eigenvalue weighted by atomic mass is 16.5. The first-order valence-corrected chi connectivity index (χ1v) is 8.83. The normalized spacial score (nSPS) is 13.3. The van der Waals surface area contributed by atoms with E-state index >= 15 is 0 Å². The fourth-order valence-electron chi connectivity index (χ4n) is 3.05. The van der Waals surface area contributed by atoms with Crippen LogP contribution in [0.2, 0.25) is 0 Å². The van der Waals surface area contributed by atoms with Crippen molar-refractivity contribution in [2.24, 2.45) is 0 Å². The van der Waals surface area contributed by atoms with Gasteiger partial charge in [-0.25, -0.2) is 0 Å². The SMILES string of the molecule is c1ccc(C(Cc2cn[nH]n2)OC(Cc2cn[nH]n2)c2ccccc2)cc1. The summed E-state index contributed by atoms with van der Waals surface area (Å²) in [6, 6.07) is 20.4. The van der Waals surface area contributed by atoms with Gasteiger partial charge in [-0.15, -0.1) is 0 Å². The van der Waals surface area contributed by atoms with Gasteiger partial charge in [0, 0.05) is 12.8 Å². The number of hydrogen-bond acceptors (Lipinski definition) is 5. The van der Waals surface area contributed by atoms with Crippen molar-refractivity contribution in [1.82, 2.24) is 30.8 Å². The molecule has 0 saturated heterocycles. The Morgan fingerprint density at radius 2 is 1.11 bits per heavy atom. The second-order valence-electron chi connectivity index (χ2n) is 6.27. The number of nitrogens with zero attached hydrogens (tertiary/aromatic N) is 4. The van der Waals surface area contributed by atoms with E-state index in [0.29, 0.717) is 12.8 Å². The summed E-state index contributed by atoms with van der Waals surface area (Å²) in [5.41, 5.74) is 3.91. The monoisotopic (exact) mass is 360 g/mol. The zero-order valence-corrected chi connectivity index (χ0v) is 14.7. The molecule has 4 rings (SSSR count). The third-order valence-electron chi connectivity index (χ3n) is 4.39. The average molecular weight is 360 g/mol. The minimum Gasteiger partial charge on any atom is -0.365 e. The van der Waals surface area contributed by atoms with Crippen LogP contribution >= 0.6 is 0 Å². The Balaban J connectivity index is 1.62. The maximum Gasteiger partial charge on any atom is 0.0890 e. The summed E-state index contributed by atoms with van der Waals surface area (Å²) in [7, 11) is 0. The van der Waals surface area contributed by atoms with E-state index in [-0.39, 0.29) is 12.2 Å². The van der Waals surface area contributed by atoms with E-state index in [1.54, 1.807) is 12.4 Å². The van der Waals surface area contributed by atoms with Crippen LogP contribution in [0.1, 0.15) is 34.7 Å². The molecule has 0 aliphatic carbocycles. The van der Waals surface area contributed by atoms with E-state index in [0.717, 1.165) is 22.5 Å². The number of aromatic amines is 2. The Morgan fingerprint density at radius 3 is 1.48 bits per heavy atom. The molecule has 2 N–H and O–H groups in total. The van der Waals surface area contributed by atoms with Crippen molar-refractivity contribution in [1.29, 1.82) is 0 Å². The van der Waals surface area contributed by atoms with Crippen molar-refractivity contribution in [2.45, 2.75) is 25.0 Å². The topological polar surface area (TPSA) is 92.4 Å². The number of ether oxygens (including phenoxy) is 1. The minimum absolute atomic E-state index is 0.159. The highest BCUT2D eigenvalue weighted by Gasteiger charge is 2.22. The lowest BCUT2D eigenvalue weighted by molar-refractivity contribution is -0.0158. The molecule has 0 bridgehead atoms. The second-order valence-corrected chi connectivity index (χ2v) is 6.27. The summed E-state index contributed by atoms with van der Waals surface area (Å²) >= 11 is 0. The lowest BCUT2D eigenvalue weighted by Gasteiger charge is -2.25. The van der Waals surface area contributed by atoms with E-state index in [1.165, 1.54) is 0 Å². The van der Waals surface area contributed by atoms with Crippen LogP contribution in [0.25, 0.3) is 0 Å². The lowest BCUT2D eigenvalue weighted by Crippen LogP contribution is -2.15. The van der Waals surface area contributed by atoms with Crippen LogP contribution in [-0.4, -0.2) is 30.8 Å². The quantitative estimate of drug-likeness (QED) is 0.503. The molecule has 0 saturated carbocycles. The van der Waals surface area contributed by atoms with Crippen LogP contribution in [0, 0.1) is 0 Å². The number of nitrogens with one attached hydrogen (secondary N) is 2. The lowest BCUT2D eigenvalue weighted by atomic mass is 10.0. The molecule has 2 heterocycles. The molecule has 0 aliphatic heterocycles. The molecule has 0 spiro atoms. The van der Waals surface area contributed by atoms with Gasteiger partial charge in [0.25, 0.3) is 0 Å². The fourth-order valence-corrected chi connectivity index (χ4v) is 3.05. The zero-order chi connectivity index (χ0) is 18.3. The van der Waals surface area contributed by atoms with Crippen molar-refractivity contribution < 1.29 is 4.74 Å². The molecule has 0 amide bonds. The number of H-pyrrole nitrogens is 2. The Hall–Kier alpha value is -3.32. The highest BCUT2D eigenvalue weighted by molar-refractivity contribution is 5.22. The molecule has 7 nitrogen and oxygen atoms in total. The van der Waals surface area contributed by atoms with Crippen molar-refractivity contribution in [3.8, 4) is 0 Å². The van der Waals surface area contributed by atoms with Crippen LogP contribution in [0.15, 0.2) is 73.1 Å². The van der Waals surface area contributed by atoms with E-state index in [2.05, 4.69) is 55.1 Å². The van der Waals surface area contributed by atoms with Gasteiger partial charge in [-0.05, 0) is 11.1 Å². The first-order chi connectivity index (χ1) is 13.4. The van der Waals surface area contributed by atoms with Gasteiger partial charge in [-0.1, -0.05) is 60.7 Å². The Bertz CT molecular complexity index is 832. The summed E-state index contributed by atoms with van der Waals surface area (Å²) < 4.78 is 6.61. The number of rotatable bonds is 8. The molecule has 2 aromatic heterocycles. The van der Waals surface area contributed by atoms with Crippen LogP contribution in [0.5, 0.6) is 0 Å². The second kappa shape index (κ2) is 8.37. The van der Waals surface area contributed by atoms with Gasteiger partial charge in [0.05, 0.1) is 36.0 Å². The van der Waals surface area contributed by atoms with Gasteiger partial charge < -0.3 is 4.74 Å². The largest absolute Gasteiger partial charge is 0.365 e. The predicted molar refractivity (Wildman–Crippen MR) is 99.6 cm³/mol. The zero-order valence-electron chi connectivity index (χ0n) is 14.7. The summed E-state index contributed by atoms with van der Waals surface area (Å²) in [6.45, 7) is 0. The average Bonchev–Trinajstić information content (AvgIpc) is 3.42. The summed E-state index contributed by atoms with van der Waals surface area (Å²) in [5.74, 6) is 0. The Kier molecular flexibility index (Phi) is 5.31. The van der Waals surface area contributed by atoms with Gasteiger partial charge >= 0.3 is 0 Å². The van der Waals surface area contributed by atoms with Crippen molar-refractivity contribution in [3.63, 3.8) is 0 Å². The number of benzene rings is 2. The highest BCUT2D eigenvalue weighted by Crippen LogP contribution is 2.31. The Labute approximate surface area is 156 Å². The van der Waals surface area contributed by atoms with Gasteiger partial charge in [0.15, 0.2) is 0 Å². The smallest absolute Gasteiger partial charge is 0.0890 e. The predicted octanol–water partition coefficient (Wildman–Crippen LogP) is 3.21. The van der Waals surface area contributed by atoms with Crippen LogP contribution in [-0.2, 0) is 17.6 Å². The van der Waals surface area contributed by atoms with Gasteiger partial charge in [0.1, 0.15) is 0 Å². The summed E-state index contributed by atoms with van der Waals surface area (Å²) in [5, 5.41) is 21.6. The molecule has 0 radical (unpaired) electrons. The molecule has 27 heavy (non-hydrogen) atoms. The molecule has 2 unspecified atom stereocenters. The third-order valence-corrected chi connectivity index (χ3v) is 4.39. The van der Waals surface area contributed by atoms with Crippen molar-refractivity contribution in [3.05, 3.63) is 95.6 Å². The molecule has 0 aliphatic rings. The van der Waals surface area contributed by atoms with E-state index in [9.17, 15) is 0 Å². The number of hydrogen-bond donors (Lipinski definition) is 2. The fraction of sp³-hybridized carbons (Fsp3) is 0.200. The molecule has 2 atom stereocenters.